The number of esters is 1. The second-order valence-electron chi connectivity index (χ2n) is 25.2. The number of carbonyl (C=O) groups excluding carboxylic acids is 12. The predicted octanol–water partition coefficient (Wildman–Crippen LogP) is 5.46. The van der Waals surface area contributed by atoms with Crippen molar-refractivity contribution in [2.45, 2.75) is 188 Å². The summed E-state index contributed by atoms with van der Waals surface area (Å²) in [7, 11) is 3.61. The standard InChI is InChI=1S/C67H97N13O14S/c1-11-42(6)58(75-62(88)51-24-17-19-33-78(51)9)65(90)79(10)52(40(2)3)37-53(94-44(8)81)64-73-50(39-95-64)61(87)71-48(36-45-21-14-12-15-22-45)35-43(7)59(85)76-77-67(92)93-38-46-26-28-47(29-27-46)70-60(86)49(23-20-32-69-66(68)91)72-63(89)57(41(4)5)74-54(82)25-16-13-18-34-80-55(83)30-31-56(80)84/h12,14-15,21-22,26-31,39-43,48-49,51-53,57-58H,11,13,16-20,23-25,32-38H2,1-10H3,(H,70,86)(H,71,87)(H,72,89)(H,74,82)(H,75,88)(H,76,85)(H,77,92)(H3,68,69,91)/t42-,43-,48+,49?,51?,52+,53+,57?,58-/m0/s1. The van der Waals surface area contributed by atoms with Crippen LogP contribution in [0.4, 0.5) is 15.3 Å². The van der Waals surface area contributed by atoms with Gasteiger partial charge in [-0.1, -0.05) is 110 Å². The highest BCUT2D eigenvalue weighted by atomic mass is 32.1. The van der Waals surface area contributed by atoms with E-state index < -0.39 is 89.9 Å². The Morgan fingerprint density at radius 2 is 1.46 bits per heavy atom. The Labute approximate surface area is 560 Å². The molecule has 3 unspecified atom stereocenters. The van der Waals surface area contributed by atoms with E-state index in [4.69, 9.17) is 15.2 Å². The van der Waals surface area contributed by atoms with Crippen molar-refractivity contribution < 1.29 is 67.0 Å². The van der Waals surface area contributed by atoms with E-state index in [9.17, 15) is 57.5 Å². The molecule has 1 aromatic heterocycles. The first-order valence-electron chi connectivity index (χ1n) is 32.7. The van der Waals surface area contributed by atoms with E-state index in [1.807, 2.05) is 70.0 Å². The first-order chi connectivity index (χ1) is 45.1. The fourth-order valence-electron chi connectivity index (χ4n) is 11.2. The molecule has 0 radical (unpaired) electrons. The molecule has 3 aromatic rings. The number of rotatable bonds is 36. The molecule has 0 bridgehead atoms. The van der Waals surface area contributed by atoms with Crippen molar-refractivity contribution in [2.75, 3.05) is 39.0 Å². The molecule has 2 aliphatic rings. The number of hydrogen-bond donors (Lipinski definition) is 9. The van der Waals surface area contributed by atoms with E-state index in [-0.39, 0.29) is 105 Å². The Morgan fingerprint density at radius 1 is 0.768 bits per heavy atom. The van der Waals surface area contributed by atoms with Crippen molar-refractivity contribution >= 4 is 88.3 Å². The van der Waals surface area contributed by atoms with Crippen LogP contribution in [0.1, 0.15) is 165 Å². The van der Waals surface area contributed by atoms with Gasteiger partial charge in [0.2, 0.25) is 35.4 Å². The topological polar surface area (TPSA) is 368 Å². The number of urea groups is 1. The quantitative estimate of drug-likeness (QED) is 0.0151. The molecule has 1 saturated heterocycles. The highest BCUT2D eigenvalue weighted by molar-refractivity contribution is 7.09. The summed E-state index contributed by atoms with van der Waals surface area (Å²) in [4.78, 5) is 166. The first-order valence-corrected chi connectivity index (χ1v) is 33.6. The van der Waals surface area contributed by atoms with Crippen LogP contribution in [0.5, 0.6) is 0 Å². The van der Waals surface area contributed by atoms with Crippen molar-refractivity contribution in [3.63, 3.8) is 0 Å². The van der Waals surface area contributed by atoms with Gasteiger partial charge in [0, 0.05) is 81.1 Å². The van der Waals surface area contributed by atoms with Gasteiger partial charge in [0.1, 0.15) is 35.4 Å². The molecule has 520 valence electrons. The second-order valence-corrected chi connectivity index (χ2v) is 26.0. The number of hydrogen-bond acceptors (Lipinski definition) is 17. The van der Waals surface area contributed by atoms with E-state index in [0.717, 1.165) is 41.2 Å². The van der Waals surface area contributed by atoms with Crippen LogP contribution in [0.15, 0.2) is 72.1 Å². The van der Waals surface area contributed by atoms with Gasteiger partial charge in [0.15, 0.2) is 6.10 Å². The molecule has 0 aliphatic carbocycles. The molecule has 5 rings (SSSR count). The summed E-state index contributed by atoms with van der Waals surface area (Å²) in [5.41, 5.74) is 11.6. The average Bonchev–Trinajstić information content (AvgIpc) is 1.82. The molecule has 2 aromatic carbocycles. The Bertz CT molecular complexity index is 3130. The minimum Gasteiger partial charge on any atom is -0.455 e. The Hall–Kier alpha value is -8.79. The van der Waals surface area contributed by atoms with Gasteiger partial charge in [-0.05, 0) is 106 Å². The number of anilines is 1. The summed E-state index contributed by atoms with van der Waals surface area (Å²) < 4.78 is 11.2. The number of imide groups is 1. The van der Waals surface area contributed by atoms with Gasteiger partial charge in [-0.15, -0.1) is 11.3 Å². The number of ether oxygens (including phenoxy) is 2. The number of likely N-dealkylation sites (N-methyl/N-ethyl adjacent to an activating group) is 2. The number of carbonyl (C=O) groups is 12. The first kappa shape index (κ1) is 76.9. The van der Waals surface area contributed by atoms with Crippen LogP contribution in [0.2, 0.25) is 0 Å². The molecule has 0 spiro atoms. The normalized spacial score (nSPS) is 16.4. The molecule has 28 heteroatoms. The van der Waals surface area contributed by atoms with Crippen LogP contribution >= 0.6 is 11.3 Å². The van der Waals surface area contributed by atoms with Gasteiger partial charge in [-0.25, -0.2) is 20.0 Å². The Balaban J connectivity index is 1.14. The van der Waals surface area contributed by atoms with Gasteiger partial charge < -0.3 is 52.0 Å². The molecule has 27 nitrogen and oxygen atoms in total. The van der Waals surface area contributed by atoms with Crippen molar-refractivity contribution in [1.82, 2.24) is 57.1 Å². The van der Waals surface area contributed by atoms with Crippen LogP contribution in [-0.2, 0) is 65.7 Å². The van der Waals surface area contributed by atoms with E-state index >= 15 is 0 Å². The Kier molecular flexibility index (Phi) is 31.2. The molecular weight excluding hydrogens is 1240 g/mol. The number of primary amides is 1. The summed E-state index contributed by atoms with van der Waals surface area (Å²) >= 11 is 1.13. The van der Waals surface area contributed by atoms with Crippen LogP contribution in [-0.4, -0.2) is 161 Å². The highest BCUT2D eigenvalue weighted by Crippen LogP contribution is 2.32. The van der Waals surface area contributed by atoms with Gasteiger partial charge >= 0.3 is 18.1 Å². The number of benzene rings is 2. The number of piperidine rings is 1. The van der Waals surface area contributed by atoms with Gasteiger partial charge in [-0.3, -0.25) is 63.2 Å². The number of thiazole rings is 1. The van der Waals surface area contributed by atoms with E-state index in [1.54, 1.807) is 62.4 Å². The summed E-state index contributed by atoms with van der Waals surface area (Å²) in [5, 5.41) is 18.7. The lowest BCUT2D eigenvalue weighted by atomic mass is 9.92. The molecule has 10 N–H and O–H groups in total. The van der Waals surface area contributed by atoms with Crippen LogP contribution in [0.3, 0.4) is 0 Å². The zero-order valence-corrected chi connectivity index (χ0v) is 57.1. The molecule has 1 fully saturated rings. The maximum absolute atomic E-state index is 14.4. The number of aromatic nitrogens is 1. The van der Waals surface area contributed by atoms with Gasteiger partial charge in [-0.2, -0.15) is 0 Å². The molecule has 0 saturated carbocycles. The third kappa shape index (κ3) is 25.1. The van der Waals surface area contributed by atoms with Crippen molar-refractivity contribution in [3.05, 3.63) is 94.0 Å². The molecule has 9 atom stereocenters. The Morgan fingerprint density at radius 3 is 2.09 bits per heavy atom. The zero-order chi connectivity index (χ0) is 69.9. The molecule has 12 amide bonds. The van der Waals surface area contributed by atoms with Crippen molar-refractivity contribution in [2.24, 2.45) is 29.4 Å². The maximum atomic E-state index is 14.4. The third-order valence-electron chi connectivity index (χ3n) is 16.9. The lowest BCUT2D eigenvalue weighted by molar-refractivity contribution is -0.149. The van der Waals surface area contributed by atoms with E-state index in [2.05, 4.69) is 47.7 Å². The van der Waals surface area contributed by atoms with Crippen molar-refractivity contribution in [3.8, 4) is 0 Å². The fourth-order valence-corrected chi connectivity index (χ4v) is 12.0. The molecule has 2 aliphatic heterocycles. The van der Waals surface area contributed by atoms with Crippen LogP contribution in [0.25, 0.3) is 0 Å². The minimum atomic E-state index is -1.11. The lowest BCUT2D eigenvalue weighted by Gasteiger charge is -2.38. The molecular formula is C67H97N13O14S. The highest BCUT2D eigenvalue weighted by Gasteiger charge is 2.38. The zero-order valence-electron chi connectivity index (χ0n) is 56.3. The largest absolute Gasteiger partial charge is 0.455 e. The summed E-state index contributed by atoms with van der Waals surface area (Å²) in [6.07, 6.45) is 6.33. The third-order valence-corrected chi connectivity index (χ3v) is 17.9. The SMILES string of the molecule is CC[C@H](C)[C@H](NC(=O)C1CCCCN1C)C(=O)N(C)[C@H](C[C@@H](OC(C)=O)c1nc(C(=O)N[C@@H](Cc2ccccc2)C[C@H](C)C(=O)NNC(=O)OCc2ccc(NC(=O)C(CCCNC(N)=O)NC(=O)C(NC(=O)CCCCCN3C(=O)C=CC3=O)C(C)C)cc2)cs1)C(C)C. The number of amides is 12. The van der Waals surface area contributed by atoms with Gasteiger partial charge in [0.05, 0.1) is 6.04 Å². The number of unbranched alkanes of at least 4 members (excludes halogenated alkanes) is 2. The number of hydrazine groups is 1. The average molecular weight is 1340 g/mol. The maximum Gasteiger partial charge on any atom is 0.426 e. The summed E-state index contributed by atoms with van der Waals surface area (Å²) in [6.45, 7) is 15.1. The van der Waals surface area contributed by atoms with E-state index in [1.165, 1.54) is 19.1 Å². The van der Waals surface area contributed by atoms with Gasteiger partial charge in [0.25, 0.3) is 17.7 Å². The predicted molar refractivity (Wildman–Crippen MR) is 356 cm³/mol. The second kappa shape index (κ2) is 38.5. The fraction of sp³-hybridized carbons (Fsp3) is 0.567. The number of nitrogens with one attached hydrogen (secondary N) is 8. The number of nitrogens with zero attached hydrogens (tertiary/aromatic N) is 4. The summed E-state index contributed by atoms with van der Waals surface area (Å²) in [6, 6.07) is 10.5. The van der Waals surface area contributed by atoms with Crippen LogP contribution < -0.4 is 48.5 Å². The monoisotopic (exact) mass is 1340 g/mol. The summed E-state index contributed by atoms with van der Waals surface area (Å²) in [5.74, 6) is -5.92. The smallest absolute Gasteiger partial charge is 0.426 e. The van der Waals surface area contributed by atoms with E-state index in [0.29, 0.717) is 54.8 Å². The number of likely N-dealkylation sites (tertiary alicyclic amines) is 1. The van der Waals surface area contributed by atoms with Crippen LogP contribution in [0, 0.1) is 23.7 Å². The number of nitrogens with two attached hydrogens (primary N) is 1. The van der Waals surface area contributed by atoms with Crippen molar-refractivity contribution in [1.29, 1.82) is 0 Å². The molecule has 3 heterocycles. The minimum absolute atomic E-state index is 0.0477. The molecule has 95 heavy (non-hydrogen) atoms. The lowest BCUT2D eigenvalue weighted by Crippen LogP contribution is -2.58.